The lowest BCUT2D eigenvalue weighted by atomic mass is 9.85. The molecule has 0 fully saturated rings. The highest BCUT2D eigenvalue weighted by atomic mass is 16.3. The van der Waals surface area contributed by atoms with Gasteiger partial charge in [-0.2, -0.15) is 0 Å². The molecule has 1 atom stereocenters. The van der Waals surface area contributed by atoms with Crippen molar-refractivity contribution in [1.82, 2.24) is 4.90 Å². The fourth-order valence-corrected chi connectivity index (χ4v) is 1.83. The summed E-state index contributed by atoms with van der Waals surface area (Å²) in [7, 11) is 4.23. The van der Waals surface area contributed by atoms with Crippen LogP contribution in [-0.4, -0.2) is 37.3 Å². The third-order valence-electron chi connectivity index (χ3n) is 3.03. The van der Waals surface area contributed by atoms with Crippen molar-refractivity contribution in [2.45, 2.75) is 52.9 Å². The predicted octanol–water partition coefficient (Wildman–Crippen LogP) is 3.15. The topological polar surface area (TPSA) is 23.5 Å². The maximum atomic E-state index is 9.32. The number of nitrogens with zero attached hydrogens (tertiary/aromatic N) is 1. The van der Waals surface area contributed by atoms with Crippen LogP contribution in [0.1, 0.15) is 52.9 Å². The quantitative estimate of drug-likeness (QED) is 0.646. The van der Waals surface area contributed by atoms with E-state index in [1.54, 1.807) is 0 Å². The van der Waals surface area contributed by atoms with Gasteiger partial charge >= 0.3 is 0 Å². The Balaban J connectivity index is 3.59. The van der Waals surface area contributed by atoms with Crippen LogP contribution in [-0.2, 0) is 0 Å². The molecule has 2 heteroatoms. The molecule has 0 radical (unpaired) electrons. The van der Waals surface area contributed by atoms with Gasteiger partial charge in [-0.25, -0.2) is 0 Å². The Morgan fingerprint density at radius 3 is 2.12 bits per heavy atom. The number of unbranched alkanes of at least 4 members (excludes halogenated alkanes) is 1. The van der Waals surface area contributed by atoms with Gasteiger partial charge in [0.15, 0.2) is 0 Å². The van der Waals surface area contributed by atoms with E-state index >= 15 is 0 Å². The average molecular weight is 229 g/mol. The molecule has 0 aliphatic rings. The second-order valence-electron chi connectivity index (χ2n) is 6.45. The van der Waals surface area contributed by atoms with E-state index < -0.39 is 0 Å². The van der Waals surface area contributed by atoms with Gasteiger partial charge in [0.2, 0.25) is 0 Å². The Bertz CT molecular complexity index is 161. The maximum absolute atomic E-state index is 9.32. The number of aliphatic hydroxyl groups excluding tert-OH is 1. The van der Waals surface area contributed by atoms with Crippen molar-refractivity contribution in [3.8, 4) is 0 Å². The summed E-state index contributed by atoms with van der Waals surface area (Å²) in [6, 6.07) is 0. The smallest absolute Gasteiger partial charge is 0.0459 e. The molecule has 0 aromatic heterocycles. The summed E-state index contributed by atoms with van der Waals surface area (Å²) in [5.41, 5.74) is 0.400. The summed E-state index contributed by atoms with van der Waals surface area (Å²) in [6.07, 6.45) is 6.06. The average Bonchev–Trinajstić information content (AvgIpc) is 2.15. The van der Waals surface area contributed by atoms with Crippen molar-refractivity contribution in [3.63, 3.8) is 0 Å². The molecule has 0 saturated carbocycles. The number of hydrogen-bond acceptors (Lipinski definition) is 2. The number of hydrogen-bond donors (Lipinski definition) is 1. The molecule has 0 aromatic carbocycles. The Hall–Kier alpha value is -0.0800. The molecule has 0 rings (SSSR count). The molecule has 0 bridgehead atoms. The molecule has 16 heavy (non-hydrogen) atoms. The second kappa shape index (κ2) is 8.08. The van der Waals surface area contributed by atoms with Crippen LogP contribution in [0.5, 0.6) is 0 Å². The van der Waals surface area contributed by atoms with Crippen molar-refractivity contribution < 1.29 is 5.11 Å². The maximum Gasteiger partial charge on any atom is 0.0459 e. The molecule has 0 aromatic rings. The lowest BCUT2D eigenvalue weighted by molar-refractivity contribution is 0.189. The molecule has 98 valence electrons. The SMILES string of the molecule is CN(C)CCCC[C@H](CO)CCC(C)(C)C. The van der Waals surface area contributed by atoms with Gasteiger partial charge in [0.25, 0.3) is 0 Å². The first-order chi connectivity index (χ1) is 7.35. The van der Waals surface area contributed by atoms with E-state index in [0.29, 0.717) is 17.9 Å². The Labute approximate surface area is 102 Å². The molecule has 0 unspecified atom stereocenters. The second-order valence-corrected chi connectivity index (χ2v) is 6.45. The van der Waals surface area contributed by atoms with E-state index in [4.69, 9.17) is 0 Å². The number of aliphatic hydroxyl groups is 1. The highest BCUT2D eigenvalue weighted by Crippen LogP contribution is 2.25. The lowest BCUT2D eigenvalue weighted by Crippen LogP contribution is -2.15. The molecule has 1 N–H and O–H groups in total. The van der Waals surface area contributed by atoms with Crippen LogP contribution in [0.3, 0.4) is 0 Å². The van der Waals surface area contributed by atoms with E-state index in [1.807, 2.05) is 0 Å². The van der Waals surface area contributed by atoms with Gasteiger partial charge in [-0.15, -0.1) is 0 Å². The molecular formula is C14H31NO. The summed E-state index contributed by atoms with van der Waals surface area (Å²) in [5.74, 6) is 0.515. The fourth-order valence-electron chi connectivity index (χ4n) is 1.83. The largest absolute Gasteiger partial charge is 0.396 e. The van der Waals surface area contributed by atoms with Crippen LogP contribution in [0.4, 0.5) is 0 Å². The first-order valence-corrected chi connectivity index (χ1v) is 6.61. The third-order valence-corrected chi connectivity index (χ3v) is 3.03. The van der Waals surface area contributed by atoms with Crippen LogP contribution < -0.4 is 0 Å². The van der Waals surface area contributed by atoms with Gasteiger partial charge in [-0.1, -0.05) is 27.2 Å². The van der Waals surface area contributed by atoms with Gasteiger partial charge in [-0.3, -0.25) is 0 Å². The van der Waals surface area contributed by atoms with E-state index in [9.17, 15) is 5.11 Å². The lowest BCUT2D eigenvalue weighted by Gasteiger charge is -2.22. The zero-order valence-corrected chi connectivity index (χ0v) is 11.9. The van der Waals surface area contributed by atoms with Gasteiger partial charge in [0.05, 0.1) is 0 Å². The summed E-state index contributed by atoms with van der Waals surface area (Å²) in [6.45, 7) is 8.34. The highest BCUT2D eigenvalue weighted by molar-refractivity contribution is 4.66. The predicted molar refractivity (Wildman–Crippen MR) is 71.7 cm³/mol. The van der Waals surface area contributed by atoms with E-state index in [-0.39, 0.29) is 0 Å². The van der Waals surface area contributed by atoms with Crippen molar-refractivity contribution in [2.75, 3.05) is 27.2 Å². The first kappa shape index (κ1) is 15.9. The molecule has 0 amide bonds. The minimum atomic E-state index is 0.359. The van der Waals surface area contributed by atoms with Gasteiger partial charge < -0.3 is 10.0 Å². The highest BCUT2D eigenvalue weighted by Gasteiger charge is 2.14. The van der Waals surface area contributed by atoms with Crippen LogP contribution in [0, 0.1) is 11.3 Å². The Kier molecular flexibility index (Phi) is 8.04. The molecular weight excluding hydrogens is 198 g/mol. The number of rotatable bonds is 8. The van der Waals surface area contributed by atoms with Crippen LogP contribution in [0.15, 0.2) is 0 Å². The summed E-state index contributed by atoms with van der Waals surface area (Å²) in [5, 5.41) is 9.32. The van der Waals surface area contributed by atoms with Gasteiger partial charge in [-0.05, 0) is 57.7 Å². The minimum Gasteiger partial charge on any atom is -0.396 e. The zero-order valence-electron chi connectivity index (χ0n) is 11.9. The third kappa shape index (κ3) is 10.4. The van der Waals surface area contributed by atoms with Crippen LogP contribution in [0.25, 0.3) is 0 Å². The molecule has 0 aliphatic heterocycles. The van der Waals surface area contributed by atoms with Crippen molar-refractivity contribution in [3.05, 3.63) is 0 Å². The monoisotopic (exact) mass is 229 g/mol. The van der Waals surface area contributed by atoms with Gasteiger partial charge in [0, 0.05) is 6.61 Å². The van der Waals surface area contributed by atoms with Crippen molar-refractivity contribution in [2.24, 2.45) is 11.3 Å². The summed E-state index contributed by atoms with van der Waals surface area (Å²) in [4.78, 5) is 2.23. The molecule has 0 aliphatic carbocycles. The normalized spacial score (nSPS) is 14.4. The fraction of sp³-hybridized carbons (Fsp3) is 1.00. The van der Waals surface area contributed by atoms with Crippen molar-refractivity contribution in [1.29, 1.82) is 0 Å². The molecule has 0 spiro atoms. The Morgan fingerprint density at radius 1 is 1.06 bits per heavy atom. The van der Waals surface area contributed by atoms with Gasteiger partial charge in [0.1, 0.15) is 0 Å². The first-order valence-electron chi connectivity index (χ1n) is 6.61. The standard InChI is InChI=1S/C14H31NO/c1-14(2,3)10-9-13(12-16)8-6-7-11-15(4)5/h13,16H,6-12H2,1-5H3/t13-/m0/s1. The zero-order chi connectivity index (χ0) is 12.6. The van der Waals surface area contributed by atoms with Crippen LogP contribution in [0.2, 0.25) is 0 Å². The Morgan fingerprint density at radius 2 is 1.69 bits per heavy atom. The molecule has 0 heterocycles. The van der Waals surface area contributed by atoms with Crippen molar-refractivity contribution >= 4 is 0 Å². The van der Waals surface area contributed by atoms with Crippen LogP contribution >= 0.6 is 0 Å². The van der Waals surface area contributed by atoms with E-state index in [1.165, 1.54) is 32.1 Å². The minimum absolute atomic E-state index is 0.359. The van der Waals surface area contributed by atoms with E-state index in [0.717, 1.165) is 6.54 Å². The van der Waals surface area contributed by atoms with E-state index in [2.05, 4.69) is 39.8 Å². The summed E-state index contributed by atoms with van der Waals surface area (Å²) >= 11 is 0. The molecule has 0 saturated heterocycles. The summed E-state index contributed by atoms with van der Waals surface area (Å²) < 4.78 is 0. The molecule has 2 nitrogen and oxygen atoms in total.